The topological polar surface area (TPSA) is 83.1 Å². The number of fused-ring (bicyclic) bond motifs is 6. The van der Waals surface area contributed by atoms with Crippen molar-refractivity contribution in [1.82, 2.24) is 30.8 Å². The second-order valence-corrected chi connectivity index (χ2v) is 9.62. The predicted octanol–water partition coefficient (Wildman–Crippen LogP) is 3.88. The van der Waals surface area contributed by atoms with E-state index in [1.807, 2.05) is 0 Å². The molecule has 6 heteroatoms. The van der Waals surface area contributed by atoms with Gasteiger partial charge >= 0.3 is 0 Å². The molecule has 0 radical (unpaired) electrons. The van der Waals surface area contributed by atoms with Crippen LogP contribution in [0.3, 0.4) is 0 Å². The minimum absolute atomic E-state index is 0.0159. The highest BCUT2D eigenvalue weighted by atomic mass is 15.3. The minimum Gasteiger partial charge on any atom is -0.197 e. The summed E-state index contributed by atoms with van der Waals surface area (Å²) in [5.74, 6) is 0. The van der Waals surface area contributed by atoms with Crippen molar-refractivity contribution in [2.24, 2.45) is 0 Å². The van der Waals surface area contributed by atoms with Crippen LogP contribution in [0.4, 0.5) is 0 Å². The number of aromatic nitrogens is 6. The summed E-state index contributed by atoms with van der Waals surface area (Å²) in [4.78, 5) is 0. The van der Waals surface area contributed by atoms with Crippen molar-refractivity contribution >= 4 is 22.1 Å². The Hall–Kier alpha value is -2.76. The van der Waals surface area contributed by atoms with Crippen molar-refractivity contribution in [3.05, 3.63) is 46.5 Å². The van der Waals surface area contributed by atoms with E-state index in [-0.39, 0.29) is 16.2 Å². The molecule has 6 rings (SSSR count). The molecule has 0 bridgehead atoms. The summed E-state index contributed by atoms with van der Waals surface area (Å²) in [6, 6.07) is 9.01. The van der Waals surface area contributed by atoms with E-state index >= 15 is 0 Å². The first-order valence-electron chi connectivity index (χ1n) is 9.51. The molecule has 4 aromatic rings. The van der Waals surface area contributed by atoms with E-state index in [0.29, 0.717) is 0 Å². The third kappa shape index (κ3) is 1.76. The van der Waals surface area contributed by atoms with Crippen LogP contribution in [0, 0.1) is 0 Å². The minimum atomic E-state index is -0.0159. The van der Waals surface area contributed by atoms with Gasteiger partial charge in [-0.15, -0.1) is 0 Å². The number of hydrogen-bond acceptors (Lipinski definition) is 4. The summed E-state index contributed by atoms with van der Waals surface area (Å²) in [5.41, 5.74) is 9.54. The van der Waals surface area contributed by atoms with Gasteiger partial charge in [-0.3, -0.25) is 0 Å². The standard InChI is InChI=1S/C21H22N6/c1-19(2)9-21(13-7-17-15(5-11(13)19)22-26-24-17)10-20(3,4)12-6-16-18(8-14(12)21)25-27-23-16/h5-8H,9-10H2,1-4H3,(H,22,24,26)(H,23,25,27). The van der Waals surface area contributed by atoms with Gasteiger partial charge in [-0.1, -0.05) is 27.7 Å². The average molecular weight is 358 g/mol. The van der Waals surface area contributed by atoms with Crippen LogP contribution >= 0.6 is 0 Å². The lowest BCUT2D eigenvalue weighted by Crippen LogP contribution is -2.27. The molecule has 0 atom stereocenters. The first-order chi connectivity index (χ1) is 12.8. The van der Waals surface area contributed by atoms with Gasteiger partial charge in [-0.25, -0.2) is 0 Å². The third-order valence-corrected chi connectivity index (χ3v) is 6.89. The van der Waals surface area contributed by atoms with Crippen LogP contribution in [-0.2, 0) is 16.2 Å². The number of rotatable bonds is 0. The van der Waals surface area contributed by atoms with E-state index in [1.54, 1.807) is 0 Å². The predicted molar refractivity (Wildman–Crippen MR) is 104 cm³/mol. The molecule has 136 valence electrons. The highest BCUT2D eigenvalue weighted by molar-refractivity contribution is 5.81. The monoisotopic (exact) mass is 358 g/mol. The zero-order chi connectivity index (χ0) is 18.6. The first kappa shape index (κ1) is 15.3. The van der Waals surface area contributed by atoms with Crippen LogP contribution in [0.25, 0.3) is 22.1 Å². The van der Waals surface area contributed by atoms with Crippen LogP contribution in [0.5, 0.6) is 0 Å². The quantitative estimate of drug-likeness (QED) is 0.500. The molecule has 0 aliphatic heterocycles. The summed E-state index contributed by atoms with van der Waals surface area (Å²) in [5, 5.41) is 22.9. The molecule has 6 nitrogen and oxygen atoms in total. The summed E-state index contributed by atoms with van der Waals surface area (Å²) in [6.07, 6.45) is 2.18. The average Bonchev–Trinajstić information content (AvgIpc) is 3.32. The fourth-order valence-electron chi connectivity index (χ4n) is 5.98. The van der Waals surface area contributed by atoms with Crippen molar-refractivity contribution < 1.29 is 0 Å². The van der Waals surface area contributed by atoms with E-state index in [0.717, 1.165) is 34.9 Å². The Morgan fingerprint density at radius 1 is 0.593 bits per heavy atom. The second-order valence-electron chi connectivity index (χ2n) is 9.62. The maximum absolute atomic E-state index is 4.37. The van der Waals surface area contributed by atoms with E-state index in [4.69, 9.17) is 0 Å². The van der Waals surface area contributed by atoms with Crippen LogP contribution < -0.4 is 0 Å². The second kappa shape index (κ2) is 4.38. The Labute approximate surface area is 156 Å². The van der Waals surface area contributed by atoms with Gasteiger partial charge in [-0.05, 0) is 70.2 Å². The summed E-state index contributed by atoms with van der Waals surface area (Å²) in [6.45, 7) is 9.41. The molecule has 2 heterocycles. The molecule has 2 aliphatic rings. The SMILES string of the molecule is CC1(C)CC2(CC(C)(C)c3cc4n[nH]nc4cc32)c2cc3n[nH]nc3cc21. The highest BCUT2D eigenvalue weighted by Gasteiger charge is 2.56. The normalized spacial score (nSPS) is 21.2. The van der Waals surface area contributed by atoms with Gasteiger partial charge in [0.15, 0.2) is 0 Å². The summed E-state index contributed by atoms with van der Waals surface area (Å²) < 4.78 is 0. The van der Waals surface area contributed by atoms with Gasteiger partial charge in [0.25, 0.3) is 0 Å². The summed E-state index contributed by atoms with van der Waals surface area (Å²) in [7, 11) is 0. The Morgan fingerprint density at radius 2 is 0.926 bits per heavy atom. The number of aromatic amines is 2. The maximum Gasteiger partial charge on any atom is 0.113 e. The van der Waals surface area contributed by atoms with E-state index < -0.39 is 0 Å². The Kier molecular flexibility index (Phi) is 2.48. The fraction of sp³-hybridized carbons (Fsp3) is 0.429. The number of nitrogens with one attached hydrogen (secondary N) is 2. The highest BCUT2D eigenvalue weighted by Crippen LogP contribution is 2.63. The lowest BCUT2D eigenvalue weighted by atomic mass is 9.72. The summed E-state index contributed by atoms with van der Waals surface area (Å²) >= 11 is 0. The van der Waals surface area contributed by atoms with Gasteiger partial charge < -0.3 is 0 Å². The van der Waals surface area contributed by atoms with Gasteiger partial charge in [0.05, 0.1) is 0 Å². The molecule has 0 fully saturated rings. The lowest BCUT2D eigenvalue weighted by Gasteiger charge is -2.30. The van der Waals surface area contributed by atoms with Gasteiger partial charge in [0.1, 0.15) is 22.1 Å². The van der Waals surface area contributed by atoms with Crippen molar-refractivity contribution in [2.45, 2.75) is 56.8 Å². The van der Waals surface area contributed by atoms with Crippen molar-refractivity contribution in [3.8, 4) is 0 Å². The molecular formula is C21H22N6. The number of nitrogens with zero attached hydrogens (tertiary/aromatic N) is 4. The first-order valence-corrected chi connectivity index (χ1v) is 9.51. The molecule has 2 aromatic heterocycles. The zero-order valence-corrected chi connectivity index (χ0v) is 16.0. The molecule has 0 amide bonds. The number of H-pyrrole nitrogens is 2. The molecule has 0 unspecified atom stereocenters. The molecule has 2 aliphatic carbocycles. The van der Waals surface area contributed by atoms with Crippen LogP contribution in [0.15, 0.2) is 24.3 Å². The Bertz CT molecular complexity index is 1140. The molecule has 2 aromatic carbocycles. The number of benzene rings is 2. The Morgan fingerprint density at radius 3 is 1.30 bits per heavy atom. The van der Waals surface area contributed by atoms with E-state index in [2.05, 4.69) is 82.8 Å². The largest absolute Gasteiger partial charge is 0.197 e. The van der Waals surface area contributed by atoms with Crippen LogP contribution in [-0.4, -0.2) is 30.8 Å². The van der Waals surface area contributed by atoms with Crippen molar-refractivity contribution in [1.29, 1.82) is 0 Å². The van der Waals surface area contributed by atoms with Gasteiger partial charge in [-0.2, -0.15) is 30.8 Å². The molecular weight excluding hydrogens is 336 g/mol. The fourth-order valence-corrected chi connectivity index (χ4v) is 5.98. The van der Waals surface area contributed by atoms with Crippen molar-refractivity contribution in [3.63, 3.8) is 0 Å². The molecule has 2 N–H and O–H groups in total. The molecule has 0 saturated heterocycles. The zero-order valence-electron chi connectivity index (χ0n) is 16.0. The van der Waals surface area contributed by atoms with E-state index in [9.17, 15) is 0 Å². The number of hydrogen-bond donors (Lipinski definition) is 2. The van der Waals surface area contributed by atoms with Crippen LogP contribution in [0.2, 0.25) is 0 Å². The van der Waals surface area contributed by atoms with Crippen LogP contribution in [0.1, 0.15) is 62.8 Å². The third-order valence-electron chi connectivity index (χ3n) is 6.89. The van der Waals surface area contributed by atoms with E-state index in [1.165, 1.54) is 22.3 Å². The smallest absolute Gasteiger partial charge is 0.113 e. The molecule has 27 heavy (non-hydrogen) atoms. The lowest BCUT2D eigenvalue weighted by molar-refractivity contribution is 0.350. The maximum atomic E-state index is 4.37. The molecule has 0 saturated carbocycles. The van der Waals surface area contributed by atoms with Crippen molar-refractivity contribution in [2.75, 3.05) is 0 Å². The van der Waals surface area contributed by atoms with Gasteiger partial charge in [0.2, 0.25) is 0 Å². The van der Waals surface area contributed by atoms with Gasteiger partial charge in [0, 0.05) is 5.41 Å². The Balaban J connectivity index is 1.72. The molecule has 1 spiro atoms.